The molecule has 5 heteroatoms. The van der Waals surface area contributed by atoms with E-state index in [0.29, 0.717) is 5.56 Å². The second kappa shape index (κ2) is 7.10. The number of rotatable bonds is 1. The first-order valence-corrected chi connectivity index (χ1v) is 8.87. The molecule has 29 heavy (non-hydrogen) atoms. The van der Waals surface area contributed by atoms with E-state index >= 15 is 0 Å². The topological polar surface area (TPSA) is 86.5 Å². The van der Waals surface area contributed by atoms with Crippen LogP contribution < -0.4 is 10.5 Å². The molecule has 0 bridgehead atoms. The lowest BCUT2D eigenvalue weighted by molar-refractivity contribution is -0.131. The maximum atomic E-state index is 13.1. The van der Waals surface area contributed by atoms with Gasteiger partial charge in [0, 0.05) is 23.6 Å². The Labute approximate surface area is 167 Å². The number of esters is 1. The zero-order valence-corrected chi connectivity index (χ0v) is 15.5. The monoisotopic (exact) mass is 381 g/mol. The normalized spacial score (nSPS) is 11.8. The third-order valence-electron chi connectivity index (χ3n) is 4.57. The number of ether oxygens (including phenoxy) is 1. The molecule has 3 aromatic rings. The highest BCUT2D eigenvalue weighted by Crippen LogP contribution is 2.38. The smallest absolute Gasteiger partial charge is 0.308 e. The summed E-state index contributed by atoms with van der Waals surface area (Å²) in [5.41, 5.74) is 7.94. The fourth-order valence-electron chi connectivity index (χ4n) is 3.28. The van der Waals surface area contributed by atoms with Crippen LogP contribution in [0.2, 0.25) is 0 Å². The highest BCUT2D eigenvalue weighted by atomic mass is 16.5. The lowest BCUT2D eigenvalue weighted by Gasteiger charge is -2.22. The third kappa shape index (κ3) is 3.17. The predicted octanol–water partition coefficient (Wildman–Crippen LogP) is 3.37. The van der Waals surface area contributed by atoms with E-state index in [-0.39, 0.29) is 33.7 Å². The number of benzene rings is 3. The molecule has 0 atom stereocenters. The number of hydrogen-bond donors (Lipinski definition) is 1. The zero-order valence-electron chi connectivity index (χ0n) is 15.5. The first-order valence-electron chi connectivity index (χ1n) is 8.87. The largest absolute Gasteiger partial charge is 0.426 e. The van der Waals surface area contributed by atoms with E-state index in [0.717, 1.165) is 5.56 Å². The molecule has 0 saturated carbocycles. The second-order valence-electron chi connectivity index (χ2n) is 6.50. The van der Waals surface area contributed by atoms with E-state index in [1.54, 1.807) is 24.3 Å². The van der Waals surface area contributed by atoms with E-state index in [4.69, 9.17) is 10.5 Å². The summed E-state index contributed by atoms with van der Waals surface area (Å²) in [6.07, 6.45) is 0. The Balaban J connectivity index is 1.96. The Morgan fingerprint density at radius 2 is 1.45 bits per heavy atom. The highest BCUT2D eigenvalue weighted by Gasteiger charge is 2.35. The van der Waals surface area contributed by atoms with E-state index in [1.165, 1.54) is 13.0 Å². The molecule has 1 aliphatic rings. The van der Waals surface area contributed by atoms with Crippen molar-refractivity contribution < 1.29 is 19.1 Å². The summed E-state index contributed by atoms with van der Waals surface area (Å²) in [5, 5.41) is 0. The van der Waals surface area contributed by atoms with Crippen LogP contribution in [0.25, 0.3) is 0 Å². The number of nitrogens with two attached hydrogens (primary N) is 1. The lowest BCUT2D eigenvalue weighted by atomic mass is 9.81. The maximum absolute atomic E-state index is 13.1. The molecular weight excluding hydrogens is 366 g/mol. The number of nitrogen functional groups attached to an aromatic ring is 1. The lowest BCUT2D eigenvalue weighted by Crippen LogP contribution is -2.24. The van der Waals surface area contributed by atoms with Crippen LogP contribution in [0.3, 0.4) is 0 Å². The minimum absolute atomic E-state index is 0.00772. The summed E-state index contributed by atoms with van der Waals surface area (Å²) in [5.74, 6) is 4.44. The third-order valence-corrected chi connectivity index (χ3v) is 4.57. The fraction of sp³-hybridized carbons (Fsp3) is 0.0417. The van der Waals surface area contributed by atoms with Crippen LogP contribution in [0.5, 0.6) is 5.75 Å². The molecule has 0 spiro atoms. The van der Waals surface area contributed by atoms with E-state index in [2.05, 4.69) is 11.8 Å². The van der Waals surface area contributed by atoms with Crippen LogP contribution >= 0.6 is 0 Å². The molecule has 140 valence electrons. The minimum atomic E-state index is -0.613. The van der Waals surface area contributed by atoms with Crippen LogP contribution in [0.1, 0.15) is 49.9 Å². The summed E-state index contributed by atoms with van der Waals surface area (Å²) in [6.45, 7) is 1.22. The van der Waals surface area contributed by atoms with Gasteiger partial charge in [-0.2, -0.15) is 0 Å². The first kappa shape index (κ1) is 18.2. The van der Waals surface area contributed by atoms with E-state index in [9.17, 15) is 14.4 Å². The van der Waals surface area contributed by atoms with E-state index in [1.807, 2.05) is 30.3 Å². The summed E-state index contributed by atoms with van der Waals surface area (Å²) in [7, 11) is 0. The Hall–Kier alpha value is -4.17. The maximum Gasteiger partial charge on any atom is 0.308 e. The van der Waals surface area contributed by atoms with Gasteiger partial charge in [0.2, 0.25) is 0 Å². The standard InChI is InChI=1S/C24H15NO4/c1-14(26)29-19-13-16(12-11-15-7-3-2-4-8-15)22(25)21-20(19)23(27)17-9-5-6-10-18(17)24(21)28/h2-10,13H,25H2,1H3. The molecule has 0 fully saturated rings. The number of carbonyl (C=O) groups excluding carboxylic acids is 3. The average molecular weight is 381 g/mol. The fourth-order valence-corrected chi connectivity index (χ4v) is 3.28. The number of anilines is 1. The zero-order chi connectivity index (χ0) is 20.5. The summed E-state index contributed by atoms with van der Waals surface area (Å²) in [6, 6.07) is 17.2. The van der Waals surface area contributed by atoms with Crippen molar-refractivity contribution in [1.29, 1.82) is 0 Å². The van der Waals surface area contributed by atoms with Crippen LogP contribution in [-0.4, -0.2) is 17.5 Å². The van der Waals surface area contributed by atoms with Gasteiger partial charge in [-0.05, 0) is 18.2 Å². The van der Waals surface area contributed by atoms with Crippen molar-refractivity contribution in [3.8, 4) is 17.6 Å². The summed E-state index contributed by atoms with van der Waals surface area (Å²) < 4.78 is 5.26. The first-order chi connectivity index (χ1) is 14.0. The number of fused-ring (bicyclic) bond motifs is 2. The molecule has 0 saturated heterocycles. The van der Waals surface area contributed by atoms with Crippen LogP contribution in [0.15, 0.2) is 60.7 Å². The van der Waals surface area contributed by atoms with Crippen LogP contribution in [0, 0.1) is 11.8 Å². The van der Waals surface area contributed by atoms with Crippen molar-refractivity contribution in [3.63, 3.8) is 0 Å². The molecule has 1 aliphatic carbocycles. The Kier molecular flexibility index (Phi) is 4.46. The van der Waals surface area contributed by atoms with Gasteiger partial charge in [0.15, 0.2) is 11.6 Å². The molecule has 0 unspecified atom stereocenters. The number of carbonyl (C=O) groups is 3. The van der Waals surface area contributed by atoms with E-state index < -0.39 is 17.5 Å². The molecule has 0 amide bonds. The van der Waals surface area contributed by atoms with Gasteiger partial charge < -0.3 is 10.5 Å². The highest BCUT2D eigenvalue weighted by molar-refractivity contribution is 6.31. The SMILES string of the molecule is CC(=O)Oc1cc(C#Cc2ccccc2)c(N)c2c1C(=O)c1ccccc1C2=O. The minimum Gasteiger partial charge on any atom is -0.426 e. The van der Waals surface area contributed by atoms with Crippen molar-refractivity contribution in [1.82, 2.24) is 0 Å². The van der Waals surface area contributed by atoms with Crippen LogP contribution in [0.4, 0.5) is 5.69 Å². The van der Waals surface area contributed by atoms with Crippen molar-refractivity contribution in [3.05, 3.63) is 94.0 Å². The molecule has 0 radical (unpaired) electrons. The quantitative estimate of drug-likeness (QED) is 0.236. The average Bonchev–Trinajstić information content (AvgIpc) is 2.72. The van der Waals surface area contributed by atoms with Gasteiger partial charge in [-0.1, -0.05) is 54.3 Å². The van der Waals surface area contributed by atoms with Gasteiger partial charge in [-0.15, -0.1) is 0 Å². The van der Waals surface area contributed by atoms with Crippen LogP contribution in [-0.2, 0) is 4.79 Å². The number of ketones is 2. The Morgan fingerprint density at radius 3 is 2.07 bits per heavy atom. The molecule has 0 aromatic heterocycles. The van der Waals surface area contributed by atoms with Gasteiger partial charge in [-0.25, -0.2) is 0 Å². The van der Waals surface area contributed by atoms with Gasteiger partial charge in [-0.3, -0.25) is 14.4 Å². The van der Waals surface area contributed by atoms with Gasteiger partial charge in [0.1, 0.15) is 5.75 Å². The van der Waals surface area contributed by atoms with Crippen molar-refractivity contribution >= 4 is 23.2 Å². The molecule has 0 aliphatic heterocycles. The second-order valence-corrected chi connectivity index (χ2v) is 6.50. The molecule has 0 heterocycles. The van der Waals surface area contributed by atoms with Gasteiger partial charge in [0.25, 0.3) is 0 Å². The summed E-state index contributed by atoms with van der Waals surface area (Å²) in [4.78, 5) is 37.8. The molecule has 5 nitrogen and oxygen atoms in total. The molecular formula is C24H15NO4. The summed E-state index contributed by atoms with van der Waals surface area (Å²) >= 11 is 0. The van der Waals surface area contributed by atoms with Crippen molar-refractivity contribution in [2.75, 3.05) is 5.73 Å². The molecule has 4 rings (SSSR count). The van der Waals surface area contributed by atoms with Gasteiger partial charge in [0.05, 0.1) is 22.4 Å². The van der Waals surface area contributed by atoms with Crippen molar-refractivity contribution in [2.45, 2.75) is 6.92 Å². The molecule has 3 aromatic carbocycles. The van der Waals surface area contributed by atoms with Gasteiger partial charge >= 0.3 is 5.97 Å². The Bertz CT molecular complexity index is 1250. The Morgan fingerprint density at radius 1 is 0.862 bits per heavy atom. The van der Waals surface area contributed by atoms with Crippen molar-refractivity contribution in [2.24, 2.45) is 0 Å². The number of hydrogen-bond acceptors (Lipinski definition) is 5. The molecule has 2 N–H and O–H groups in total. The predicted molar refractivity (Wildman–Crippen MR) is 108 cm³/mol.